The topological polar surface area (TPSA) is 246 Å². The summed E-state index contributed by atoms with van der Waals surface area (Å²) in [5.41, 5.74) is 5.55. The zero-order valence-corrected chi connectivity index (χ0v) is 51.0. The number of aryl methyl sites for hydroxylation is 1. The number of aromatic amines is 1. The van der Waals surface area contributed by atoms with Crippen molar-refractivity contribution in [1.82, 2.24) is 34.4 Å². The van der Waals surface area contributed by atoms with Crippen LogP contribution in [0, 0.1) is 22.5 Å². The van der Waals surface area contributed by atoms with E-state index in [9.17, 15) is 28.4 Å². The number of fused-ring (bicyclic) bond motifs is 4. The summed E-state index contributed by atoms with van der Waals surface area (Å²) < 4.78 is 61.5. The Kier molecular flexibility index (Phi) is 15.6. The van der Waals surface area contributed by atoms with E-state index < -0.39 is 43.1 Å². The van der Waals surface area contributed by atoms with Crippen LogP contribution in [-0.4, -0.2) is 189 Å². The number of sulfonamides is 1. The third-order valence-electron chi connectivity index (χ3n) is 20.0. The second kappa shape index (κ2) is 23.6. The number of benzene rings is 3. The molecule has 7 aliphatic heterocycles. The van der Waals surface area contributed by atoms with Gasteiger partial charge in [0, 0.05) is 126 Å². The normalized spacial score (nSPS) is 24.1. The molecule has 88 heavy (non-hydrogen) atoms. The molecule has 6 fully saturated rings. The Bertz CT molecular complexity index is 3720. The highest BCUT2D eigenvalue weighted by Gasteiger charge is 2.51. The van der Waals surface area contributed by atoms with E-state index in [4.69, 9.17) is 33.7 Å². The van der Waals surface area contributed by atoms with Gasteiger partial charge in [-0.25, -0.2) is 18.1 Å². The Morgan fingerprint density at radius 3 is 2.49 bits per heavy atom. The van der Waals surface area contributed by atoms with Crippen LogP contribution in [0.15, 0.2) is 90.1 Å². The van der Waals surface area contributed by atoms with Crippen LogP contribution in [0.5, 0.6) is 17.4 Å². The van der Waals surface area contributed by atoms with E-state index in [0.717, 1.165) is 112 Å². The highest BCUT2D eigenvalue weighted by molar-refractivity contribution is 7.90. The van der Waals surface area contributed by atoms with Crippen molar-refractivity contribution >= 4 is 61.2 Å². The first-order chi connectivity index (χ1) is 42.6. The van der Waals surface area contributed by atoms with Gasteiger partial charge in [-0.1, -0.05) is 24.3 Å². The van der Waals surface area contributed by atoms with Gasteiger partial charge in [-0.2, -0.15) is 4.98 Å². The SMILES string of the molecule is COc1cc(CN2CCN(C3CC4(CCN(c5ccc(C(=O)NS(=O)(=O)c6cc7c(c([N+](=O)[O-])c6)N[C@H](CN6CCC(C)(O)CC6)CO7)c(N6c7cc8cc[nH]c8nc7O[C@H]7COCC[C@@H]76)c5)CC4)C3)[C@H](c3ccccc3C)C2)cnc1N1CCOCC1. The van der Waals surface area contributed by atoms with Crippen molar-refractivity contribution in [1.29, 1.82) is 0 Å². The molecule has 1 spiro atoms. The molecule has 4 atom stereocenters. The summed E-state index contributed by atoms with van der Waals surface area (Å²) in [6, 6.07) is 22.7. The molecule has 1 saturated carbocycles. The monoisotopic (exact) mass is 1220 g/mol. The average Bonchev–Trinajstić information content (AvgIpc) is 2.04. The van der Waals surface area contributed by atoms with Gasteiger partial charge in [-0.05, 0) is 117 Å². The molecule has 466 valence electrons. The standard InChI is InChI=1S/C64H78N12O11S/c1-41-6-4-5-7-48(41)54-38-71(36-42-28-56(83-3)60(66-35-42)73-23-26-84-27-24-73)21-22-74(54)46-33-64(34-46)14-19-72(20-15-64)45-8-9-49(51(30-45)75-50-11-25-85-40-57(50)87-62-53(75)29-43-10-16-65-59(43)68-62)61(77)69-88(81,82)47-31-52(76(79)80)58-55(32-47)86-39-44(67-58)37-70-17-12-63(2,78)13-18-70/h4-10,16,28-32,35,44,46,50,54,57,67,78H,11-15,17-27,33-34,36-40H2,1-3H3,(H,65,68)(H,69,77)/t44-,50+,54+,57+/m1/s1. The number of nitro groups is 1. The summed E-state index contributed by atoms with van der Waals surface area (Å²) in [5, 5.41) is 27.2. The summed E-state index contributed by atoms with van der Waals surface area (Å²) >= 11 is 0. The lowest BCUT2D eigenvalue weighted by Gasteiger charge is -2.58. The number of hydrogen-bond donors (Lipinski definition) is 4. The highest BCUT2D eigenvalue weighted by Crippen LogP contribution is 2.54. The van der Waals surface area contributed by atoms with E-state index in [1.54, 1.807) is 13.2 Å². The lowest BCUT2D eigenvalue weighted by Crippen LogP contribution is -2.59. The number of piperidine rings is 2. The van der Waals surface area contributed by atoms with Gasteiger partial charge in [0.2, 0.25) is 5.88 Å². The van der Waals surface area contributed by atoms with Gasteiger partial charge in [0.1, 0.15) is 24.0 Å². The average molecular weight is 1220 g/mol. The number of H-pyrrole nitrogens is 1. The molecule has 6 aromatic rings. The summed E-state index contributed by atoms with van der Waals surface area (Å²) in [6.45, 7) is 14.8. The van der Waals surface area contributed by atoms with Crippen LogP contribution in [0.25, 0.3) is 11.0 Å². The molecule has 1 amide bonds. The van der Waals surface area contributed by atoms with Gasteiger partial charge in [0.15, 0.2) is 23.0 Å². The maximum Gasteiger partial charge on any atom is 0.297 e. The maximum atomic E-state index is 15.0. The summed E-state index contributed by atoms with van der Waals surface area (Å²) in [5.74, 6) is 1.10. The Hall–Kier alpha value is -7.32. The van der Waals surface area contributed by atoms with E-state index in [1.807, 2.05) is 43.6 Å². The molecule has 3 aromatic carbocycles. The number of ether oxygens (including phenoxy) is 5. The van der Waals surface area contributed by atoms with Gasteiger partial charge in [-0.3, -0.25) is 24.7 Å². The zero-order valence-electron chi connectivity index (χ0n) is 50.2. The number of aliphatic hydroxyl groups is 1. The van der Waals surface area contributed by atoms with Gasteiger partial charge < -0.3 is 58.7 Å². The number of rotatable bonds is 14. The lowest BCUT2D eigenvalue weighted by molar-refractivity contribution is -0.384. The number of aromatic nitrogens is 3. The minimum Gasteiger partial charge on any atom is -0.493 e. The first-order valence-corrected chi connectivity index (χ1v) is 32.6. The van der Waals surface area contributed by atoms with E-state index in [1.165, 1.54) is 17.2 Å². The number of morpholine rings is 1. The number of anilines is 5. The zero-order chi connectivity index (χ0) is 60.5. The molecule has 0 unspecified atom stereocenters. The molecular weight excluding hydrogens is 1140 g/mol. The number of carbonyl (C=O) groups excluding carboxylic acids is 1. The Labute approximate surface area is 512 Å². The van der Waals surface area contributed by atoms with Crippen LogP contribution in [-0.2, 0) is 26.0 Å². The molecule has 4 N–H and O–H groups in total. The Morgan fingerprint density at radius 2 is 1.70 bits per heavy atom. The summed E-state index contributed by atoms with van der Waals surface area (Å²) in [7, 11) is -3.02. The number of methoxy groups -OCH3 is 1. The fourth-order valence-corrected chi connectivity index (χ4v) is 16.0. The molecule has 23 nitrogen and oxygen atoms in total. The van der Waals surface area contributed by atoms with Crippen molar-refractivity contribution in [2.75, 3.05) is 126 Å². The van der Waals surface area contributed by atoms with Crippen LogP contribution in [0.1, 0.15) is 85.0 Å². The molecule has 10 heterocycles. The third kappa shape index (κ3) is 11.4. The minimum atomic E-state index is -4.74. The Morgan fingerprint density at radius 1 is 0.898 bits per heavy atom. The first-order valence-electron chi connectivity index (χ1n) is 31.1. The molecule has 3 aromatic heterocycles. The van der Waals surface area contributed by atoms with Crippen molar-refractivity contribution in [3.8, 4) is 17.4 Å². The van der Waals surface area contributed by atoms with Crippen LogP contribution >= 0.6 is 0 Å². The number of nitrogens with zero attached hydrogens (tertiary/aromatic N) is 9. The van der Waals surface area contributed by atoms with Gasteiger partial charge in [-0.15, -0.1) is 0 Å². The predicted molar refractivity (Wildman–Crippen MR) is 332 cm³/mol. The molecular formula is C64H78N12O11S. The van der Waals surface area contributed by atoms with Crippen LogP contribution in [0.3, 0.4) is 0 Å². The fourth-order valence-electron chi connectivity index (χ4n) is 15.0. The second-order valence-electron chi connectivity index (χ2n) is 25.7. The summed E-state index contributed by atoms with van der Waals surface area (Å²) in [6.07, 6.45) is 9.33. The number of likely N-dealkylation sites (tertiary alicyclic amines) is 1. The molecule has 1 aliphatic carbocycles. The van der Waals surface area contributed by atoms with Gasteiger partial charge in [0.25, 0.3) is 21.6 Å². The number of carbonyl (C=O) groups is 1. The molecule has 8 aliphatic rings. The van der Waals surface area contributed by atoms with Crippen molar-refractivity contribution in [3.63, 3.8) is 0 Å². The van der Waals surface area contributed by atoms with E-state index in [-0.39, 0.29) is 53.8 Å². The number of amides is 1. The van der Waals surface area contributed by atoms with E-state index in [2.05, 4.69) is 81.7 Å². The first kappa shape index (κ1) is 58.4. The largest absolute Gasteiger partial charge is 0.493 e. The minimum absolute atomic E-state index is 0.00722. The third-order valence-corrected chi connectivity index (χ3v) is 21.3. The molecule has 5 saturated heterocycles. The van der Waals surface area contributed by atoms with Crippen molar-refractivity contribution < 1.29 is 46.9 Å². The lowest BCUT2D eigenvalue weighted by atomic mass is 9.59. The quantitative estimate of drug-likeness (QED) is 0.0624. The Balaban J connectivity index is 0.705. The fraction of sp³-hybridized carbons (Fsp3) is 0.516. The molecule has 0 bridgehead atoms. The maximum absolute atomic E-state index is 15.0. The van der Waals surface area contributed by atoms with Crippen LogP contribution in [0.2, 0.25) is 0 Å². The highest BCUT2D eigenvalue weighted by atomic mass is 32.2. The van der Waals surface area contributed by atoms with Gasteiger partial charge in [0.05, 0.1) is 65.7 Å². The van der Waals surface area contributed by atoms with E-state index in [0.29, 0.717) is 87.7 Å². The van der Waals surface area contributed by atoms with Gasteiger partial charge >= 0.3 is 0 Å². The number of nitrogens with one attached hydrogen (secondary N) is 3. The number of hydrogen-bond acceptors (Lipinski definition) is 20. The molecule has 24 heteroatoms. The smallest absolute Gasteiger partial charge is 0.297 e. The van der Waals surface area contributed by atoms with E-state index >= 15 is 0 Å². The van der Waals surface area contributed by atoms with Crippen molar-refractivity contribution in [3.05, 3.63) is 118 Å². The molecule has 14 rings (SSSR count). The predicted octanol–water partition coefficient (Wildman–Crippen LogP) is 7.15. The number of pyridine rings is 2. The van der Waals surface area contributed by atoms with Crippen LogP contribution < -0.4 is 38.9 Å². The molecule has 0 radical (unpaired) electrons. The summed E-state index contributed by atoms with van der Waals surface area (Å²) in [4.78, 5) is 53.7. The number of nitro benzene ring substituents is 1. The van der Waals surface area contributed by atoms with Crippen LogP contribution in [0.4, 0.5) is 34.3 Å². The van der Waals surface area contributed by atoms with Crippen molar-refractivity contribution in [2.24, 2.45) is 5.41 Å². The second-order valence-corrected chi connectivity index (χ2v) is 27.4. The van der Waals surface area contributed by atoms with Crippen molar-refractivity contribution in [2.45, 2.75) is 106 Å². The number of piperazine rings is 1.